The molecule has 0 spiro atoms. The normalized spacial score (nSPS) is 15.2. The van der Waals surface area contributed by atoms with Gasteiger partial charge in [0.25, 0.3) is 0 Å². The van der Waals surface area contributed by atoms with Crippen LogP contribution in [0.5, 0.6) is 0 Å². The highest BCUT2D eigenvalue weighted by Gasteiger charge is 2.12. The molecule has 1 aromatic carbocycles. The van der Waals surface area contributed by atoms with Crippen LogP contribution in [0.1, 0.15) is 24.0 Å². The van der Waals surface area contributed by atoms with E-state index in [-0.39, 0.29) is 5.91 Å². The predicted molar refractivity (Wildman–Crippen MR) is 59.8 cm³/mol. The van der Waals surface area contributed by atoms with Crippen molar-refractivity contribution in [3.05, 3.63) is 35.4 Å². The van der Waals surface area contributed by atoms with Crippen molar-refractivity contribution in [3.63, 3.8) is 0 Å². The lowest BCUT2D eigenvalue weighted by Crippen LogP contribution is -2.25. The Hall–Kier alpha value is -1.97. The largest absolute Gasteiger partial charge is 0.291 e. The fraction of sp³-hybridized carbons (Fsp3) is 0.250. The van der Waals surface area contributed by atoms with Gasteiger partial charge in [0.2, 0.25) is 12.2 Å². The Morgan fingerprint density at radius 2 is 2.00 bits per heavy atom. The van der Waals surface area contributed by atoms with Crippen LogP contribution in [-0.2, 0) is 16.0 Å². The lowest BCUT2D eigenvalue weighted by Gasteiger charge is -2.12. The number of amides is 1. The molecule has 4 nitrogen and oxygen atoms in total. The molecule has 1 aliphatic rings. The van der Waals surface area contributed by atoms with Crippen LogP contribution < -0.4 is 5.43 Å². The molecule has 81 valence electrons. The molecule has 16 heavy (non-hydrogen) atoms. The van der Waals surface area contributed by atoms with Crippen molar-refractivity contribution in [2.45, 2.75) is 19.3 Å². The topological polar surface area (TPSA) is 58.5 Å². The minimum Gasteiger partial charge on any atom is -0.291 e. The van der Waals surface area contributed by atoms with Gasteiger partial charge in [-0.05, 0) is 11.1 Å². The van der Waals surface area contributed by atoms with Crippen molar-refractivity contribution in [3.8, 4) is 0 Å². The van der Waals surface area contributed by atoms with Crippen molar-refractivity contribution in [1.82, 2.24) is 5.43 Å². The van der Waals surface area contributed by atoms with Gasteiger partial charge in [-0.25, -0.2) is 5.43 Å². The third-order valence-corrected chi connectivity index (χ3v) is 2.47. The molecule has 0 atom stereocenters. The standard InChI is InChI=1S/C12H11N2O2/c15-8-7-9-1-3-10(4-2-9)11-5-6-12(16)14-13-11/h1-4H,5-7H2,(H,14,16). The zero-order valence-electron chi connectivity index (χ0n) is 8.69. The molecule has 1 amide bonds. The molecule has 2 rings (SSSR count). The number of hydrogen-bond acceptors (Lipinski definition) is 3. The highest BCUT2D eigenvalue weighted by Crippen LogP contribution is 2.11. The van der Waals surface area contributed by atoms with Crippen LogP contribution in [-0.4, -0.2) is 17.9 Å². The van der Waals surface area contributed by atoms with Crippen molar-refractivity contribution in [1.29, 1.82) is 0 Å². The monoisotopic (exact) mass is 215 g/mol. The van der Waals surface area contributed by atoms with E-state index >= 15 is 0 Å². The van der Waals surface area contributed by atoms with E-state index in [0.717, 1.165) is 16.8 Å². The van der Waals surface area contributed by atoms with Crippen LogP contribution in [0.3, 0.4) is 0 Å². The summed E-state index contributed by atoms with van der Waals surface area (Å²) in [5, 5.41) is 4.00. The first-order chi connectivity index (χ1) is 7.79. The first-order valence-electron chi connectivity index (χ1n) is 5.09. The van der Waals surface area contributed by atoms with Gasteiger partial charge in [0, 0.05) is 19.3 Å². The zero-order valence-corrected chi connectivity index (χ0v) is 8.69. The quantitative estimate of drug-likeness (QED) is 0.816. The number of benzene rings is 1. The molecule has 1 N–H and O–H groups in total. The molecule has 0 fully saturated rings. The van der Waals surface area contributed by atoms with Gasteiger partial charge in [0.1, 0.15) is 0 Å². The summed E-state index contributed by atoms with van der Waals surface area (Å²) >= 11 is 0. The fourth-order valence-corrected chi connectivity index (χ4v) is 1.58. The molecule has 4 heteroatoms. The van der Waals surface area contributed by atoms with Gasteiger partial charge in [-0.15, -0.1) is 0 Å². The number of carbonyl (C=O) groups excluding carboxylic acids is 2. The molecule has 1 radical (unpaired) electrons. The van der Waals surface area contributed by atoms with Crippen LogP contribution in [0.4, 0.5) is 0 Å². The summed E-state index contributed by atoms with van der Waals surface area (Å²) in [5.74, 6) is -0.0454. The van der Waals surface area contributed by atoms with E-state index in [9.17, 15) is 9.59 Å². The fourth-order valence-electron chi connectivity index (χ4n) is 1.58. The van der Waals surface area contributed by atoms with E-state index < -0.39 is 0 Å². The maximum atomic E-state index is 10.9. The zero-order chi connectivity index (χ0) is 11.4. The molecular formula is C12H11N2O2. The van der Waals surface area contributed by atoms with Crippen LogP contribution in [0, 0.1) is 0 Å². The lowest BCUT2D eigenvalue weighted by atomic mass is 10.0. The van der Waals surface area contributed by atoms with E-state index in [0.29, 0.717) is 19.3 Å². The van der Waals surface area contributed by atoms with E-state index in [2.05, 4.69) is 10.5 Å². The molecule has 1 heterocycles. The van der Waals surface area contributed by atoms with Crippen molar-refractivity contribution < 1.29 is 9.59 Å². The second kappa shape index (κ2) is 4.70. The summed E-state index contributed by atoms with van der Waals surface area (Å²) in [5.41, 5.74) is 5.24. The maximum Gasteiger partial charge on any atom is 0.240 e. The molecule has 0 saturated heterocycles. The number of nitrogens with one attached hydrogen (secondary N) is 1. The van der Waals surface area contributed by atoms with Crippen LogP contribution in [0.2, 0.25) is 0 Å². The molecule has 0 aliphatic carbocycles. The average Bonchev–Trinajstić information content (AvgIpc) is 2.32. The Morgan fingerprint density at radius 1 is 1.25 bits per heavy atom. The smallest absolute Gasteiger partial charge is 0.240 e. The Balaban J connectivity index is 2.15. The molecule has 0 unspecified atom stereocenters. The minimum absolute atomic E-state index is 0.0454. The molecule has 1 aromatic rings. The summed E-state index contributed by atoms with van der Waals surface area (Å²) in [7, 11) is 0. The van der Waals surface area contributed by atoms with Crippen molar-refractivity contribution in [2.75, 3.05) is 0 Å². The van der Waals surface area contributed by atoms with Gasteiger partial charge in [-0.2, -0.15) is 5.10 Å². The Kier molecular flexibility index (Phi) is 3.10. The maximum absolute atomic E-state index is 10.9. The highest BCUT2D eigenvalue weighted by molar-refractivity contribution is 6.04. The lowest BCUT2D eigenvalue weighted by molar-refractivity contribution is -0.121. The van der Waals surface area contributed by atoms with Crippen LogP contribution in [0.25, 0.3) is 0 Å². The van der Waals surface area contributed by atoms with Gasteiger partial charge in [0.05, 0.1) is 5.71 Å². The Morgan fingerprint density at radius 3 is 2.56 bits per heavy atom. The van der Waals surface area contributed by atoms with Gasteiger partial charge in [-0.1, -0.05) is 24.3 Å². The van der Waals surface area contributed by atoms with Crippen LogP contribution in [0.15, 0.2) is 29.4 Å². The number of hydrazone groups is 1. The molecule has 0 bridgehead atoms. The molecule has 0 saturated carbocycles. The molecule has 1 aliphatic heterocycles. The number of rotatable bonds is 3. The van der Waals surface area contributed by atoms with E-state index in [1.807, 2.05) is 30.6 Å². The van der Waals surface area contributed by atoms with Crippen LogP contribution >= 0.6 is 0 Å². The summed E-state index contributed by atoms with van der Waals surface area (Å²) < 4.78 is 0. The Bertz CT molecular complexity index is 435. The van der Waals surface area contributed by atoms with Gasteiger partial charge in [0.15, 0.2) is 0 Å². The third kappa shape index (κ3) is 2.34. The average molecular weight is 215 g/mol. The van der Waals surface area contributed by atoms with Crippen molar-refractivity contribution >= 4 is 17.9 Å². The Labute approximate surface area is 93.4 Å². The van der Waals surface area contributed by atoms with E-state index in [4.69, 9.17) is 0 Å². The summed E-state index contributed by atoms with van der Waals surface area (Å²) in [6.45, 7) is 0. The SMILES string of the molecule is O=[C]Cc1ccc(C2=NNC(=O)CC2)cc1. The summed E-state index contributed by atoms with van der Waals surface area (Å²) in [6, 6.07) is 7.56. The molecular weight excluding hydrogens is 204 g/mol. The summed E-state index contributed by atoms with van der Waals surface area (Å²) in [4.78, 5) is 21.1. The summed E-state index contributed by atoms with van der Waals surface area (Å²) in [6.07, 6.45) is 3.29. The second-order valence-corrected chi connectivity index (χ2v) is 3.61. The number of nitrogens with zero attached hydrogens (tertiary/aromatic N) is 1. The molecule has 0 aromatic heterocycles. The van der Waals surface area contributed by atoms with Gasteiger partial charge in [-0.3, -0.25) is 9.59 Å². The number of hydrogen-bond donors (Lipinski definition) is 1. The van der Waals surface area contributed by atoms with E-state index in [1.165, 1.54) is 0 Å². The highest BCUT2D eigenvalue weighted by atomic mass is 16.2. The van der Waals surface area contributed by atoms with Crippen molar-refractivity contribution in [2.24, 2.45) is 5.10 Å². The second-order valence-electron chi connectivity index (χ2n) is 3.61. The first-order valence-corrected chi connectivity index (χ1v) is 5.09. The van der Waals surface area contributed by atoms with Gasteiger partial charge < -0.3 is 0 Å². The minimum atomic E-state index is -0.0454. The first kappa shape index (κ1) is 10.5. The third-order valence-electron chi connectivity index (χ3n) is 2.47. The van der Waals surface area contributed by atoms with Gasteiger partial charge >= 0.3 is 0 Å². The number of carbonyl (C=O) groups is 1. The van der Waals surface area contributed by atoms with E-state index in [1.54, 1.807) is 0 Å². The predicted octanol–water partition coefficient (Wildman–Crippen LogP) is 0.953.